The molecule has 1 aromatic heterocycles. The largest absolute Gasteiger partial charge is 0.484 e. The van der Waals surface area contributed by atoms with E-state index in [2.05, 4.69) is 10.3 Å². The first-order valence-corrected chi connectivity index (χ1v) is 7.46. The van der Waals surface area contributed by atoms with E-state index in [1.807, 2.05) is 0 Å². The lowest BCUT2D eigenvalue weighted by molar-refractivity contribution is 0.0945. The van der Waals surface area contributed by atoms with Gasteiger partial charge in [-0.15, -0.1) is 0 Å². The normalized spacial score (nSPS) is 10.5. The van der Waals surface area contributed by atoms with E-state index in [4.69, 9.17) is 9.15 Å². The van der Waals surface area contributed by atoms with Crippen LogP contribution in [0.15, 0.2) is 59.2 Å². The smallest absolute Gasteiger partial charge is 0.273 e. The maximum absolute atomic E-state index is 13.5. The number of aromatic nitrogens is 1. The number of hydrogen-bond acceptors (Lipinski definition) is 4. The molecule has 0 saturated carbocycles. The molecule has 3 aromatic rings. The Hall–Kier alpha value is -3.22. The van der Waals surface area contributed by atoms with Gasteiger partial charge in [0.15, 0.2) is 12.3 Å². The van der Waals surface area contributed by atoms with Gasteiger partial charge in [0, 0.05) is 12.1 Å². The number of carbonyl (C=O) groups excluding carboxylic acids is 1. The maximum Gasteiger partial charge on any atom is 0.273 e. The van der Waals surface area contributed by atoms with Crippen LogP contribution in [0, 0.1) is 11.6 Å². The molecule has 0 fully saturated rings. The van der Waals surface area contributed by atoms with Crippen LogP contribution in [0.4, 0.5) is 8.78 Å². The fourth-order valence-electron chi connectivity index (χ4n) is 2.07. The maximum atomic E-state index is 13.5. The van der Waals surface area contributed by atoms with E-state index in [1.165, 1.54) is 36.6 Å². The van der Waals surface area contributed by atoms with Crippen LogP contribution in [0.3, 0.4) is 0 Å². The van der Waals surface area contributed by atoms with Crippen LogP contribution in [0.2, 0.25) is 0 Å². The third-order valence-electron chi connectivity index (χ3n) is 3.36. The van der Waals surface area contributed by atoms with Crippen LogP contribution < -0.4 is 10.1 Å². The molecule has 1 amide bonds. The standard InChI is InChI=1S/C18H14F2N2O3/c19-13-5-7-14(8-6-13)24-11-17-22-16(10-25-17)18(23)21-9-12-3-1-2-4-15(12)20/h1-8,10H,9,11H2,(H,21,23). The van der Waals surface area contributed by atoms with Crippen LogP contribution in [-0.2, 0) is 13.2 Å². The number of hydrogen-bond donors (Lipinski definition) is 1. The molecule has 0 unspecified atom stereocenters. The lowest BCUT2D eigenvalue weighted by Gasteiger charge is -2.04. The van der Waals surface area contributed by atoms with Crippen LogP contribution in [0.1, 0.15) is 21.9 Å². The Morgan fingerprint density at radius 2 is 1.88 bits per heavy atom. The van der Waals surface area contributed by atoms with Crippen molar-refractivity contribution in [3.05, 3.63) is 83.6 Å². The summed E-state index contributed by atoms with van der Waals surface area (Å²) in [6, 6.07) is 11.7. The van der Waals surface area contributed by atoms with Crippen molar-refractivity contribution in [2.75, 3.05) is 0 Å². The minimum absolute atomic E-state index is 0.00771. The van der Waals surface area contributed by atoms with E-state index in [-0.39, 0.29) is 30.6 Å². The lowest BCUT2D eigenvalue weighted by Crippen LogP contribution is -2.23. The molecule has 25 heavy (non-hydrogen) atoms. The van der Waals surface area contributed by atoms with Crippen molar-refractivity contribution in [2.45, 2.75) is 13.2 Å². The number of oxazole rings is 1. The van der Waals surface area contributed by atoms with E-state index in [0.29, 0.717) is 11.3 Å². The quantitative estimate of drug-likeness (QED) is 0.744. The van der Waals surface area contributed by atoms with E-state index in [9.17, 15) is 13.6 Å². The molecule has 0 atom stereocenters. The number of ether oxygens (including phenoxy) is 1. The monoisotopic (exact) mass is 344 g/mol. The number of halogens is 2. The minimum atomic E-state index is -0.486. The molecule has 2 aromatic carbocycles. The van der Waals surface area contributed by atoms with Gasteiger partial charge in [-0.1, -0.05) is 18.2 Å². The summed E-state index contributed by atoms with van der Waals surface area (Å²) in [5.74, 6) is -0.598. The van der Waals surface area contributed by atoms with Crippen molar-refractivity contribution in [3.63, 3.8) is 0 Å². The Kier molecular flexibility index (Phi) is 5.03. The molecule has 128 valence electrons. The Morgan fingerprint density at radius 3 is 2.64 bits per heavy atom. The molecule has 0 aliphatic heterocycles. The van der Waals surface area contributed by atoms with Gasteiger partial charge in [-0.25, -0.2) is 13.8 Å². The highest BCUT2D eigenvalue weighted by atomic mass is 19.1. The topological polar surface area (TPSA) is 64.4 Å². The van der Waals surface area contributed by atoms with Crippen molar-refractivity contribution >= 4 is 5.91 Å². The molecule has 0 spiro atoms. The van der Waals surface area contributed by atoms with Crippen LogP contribution >= 0.6 is 0 Å². The Morgan fingerprint density at radius 1 is 1.12 bits per heavy atom. The van der Waals surface area contributed by atoms with E-state index in [1.54, 1.807) is 18.2 Å². The van der Waals surface area contributed by atoms with E-state index < -0.39 is 11.7 Å². The molecule has 0 bridgehead atoms. The average Bonchev–Trinajstić information content (AvgIpc) is 3.09. The van der Waals surface area contributed by atoms with Gasteiger partial charge in [0.2, 0.25) is 5.89 Å². The highest BCUT2D eigenvalue weighted by Gasteiger charge is 2.13. The second-order valence-electron chi connectivity index (χ2n) is 5.14. The van der Waals surface area contributed by atoms with Gasteiger partial charge in [0.05, 0.1) is 0 Å². The number of nitrogens with one attached hydrogen (secondary N) is 1. The van der Waals surface area contributed by atoms with Crippen molar-refractivity contribution < 1.29 is 22.7 Å². The lowest BCUT2D eigenvalue weighted by atomic mass is 10.2. The Balaban J connectivity index is 1.54. The number of nitrogens with zero attached hydrogens (tertiary/aromatic N) is 1. The molecule has 0 saturated heterocycles. The summed E-state index contributed by atoms with van der Waals surface area (Å²) in [7, 11) is 0. The SMILES string of the molecule is O=C(NCc1ccccc1F)c1coc(COc2ccc(F)cc2)n1. The van der Waals surface area contributed by atoms with Crippen LogP contribution in [0.5, 0.6) is 5.75 Å². The molecule has 3 rings (SSSR count). The number of rotatable bonds is 6. The van der Waals surface area contributed by atoms with Crippen molar-refractivity contribution in [3.8, 4) is 5.75 Å². The predicted molar refractivity (Wildman–Crippen MR) is 84.8 cm³/mol. The molecule has 0 aliphatic carbocycles. The number of benzene rings is 2. The zero-order chi connectivity index (χ0) is 17.6. The molecular formula is C18H14F2N2O3. The second kappa shape index (κ2) is 7.57. The fourth-order valence-corrected chi connectivity index (χ4v) is 2.07. The van der Waals surface area contributed by atoms with Crippen molar-refractivity contribution in [1.29, 1.82) is 0 Å². The zero-order valence-corrected chi connectivity index (χ0v) is 13.0. The highest BCUT2D eigenvalue weighted by Crippen LogP contribution is 2.13. The molecular weight excluding hydrogens is 330 g/mol. The minimum Gasteiger partial charge on any atom is -0.484 e. The molecule has 7 heteroatoms. The van der Waals surface area contributed by atoms with Gasteiger partial charge >= 0.3 is 0 Å². The summed E-state index contributed by atoms with van der Waals surface area (Å²) in [6.45, 7) is 0.0337. The van der Waals surface area contributed by atoms with Crippen molar-refractivity contribution in [2.24, 2.45) is 0 Å². The van der Waals surface area contributed by atoms with Crippen molar-refractivity contribution in [1.82, 2.24) is 10.3 Å². The fraction of sp³-hybridized carbons (Fsp3) is 0.111. The highest BCUT2D eigenvalue weighted by molar-refractivity contribution is 5.91. The molecule has 0 aliphatic rings. The van der Waals surface area contributed by atoms with Gasteiger partial charge in [-0.05, 0) is 30.3 Å². The Labute approximate surface area is 142 Å². The second-order valence-corrected chi connectivity index (χ2v) is 5.14. The zero-order valence-electron chi connectivity index (χ0n) is 13.0. The van der Waals surface area contributed by atoms with Gasteiger partial charge in [-0.2, -0.15) is 0 Å². The first-order valence-electron chi connectivity index (χ1n) is 7.46. The summed E-state index contributed by atoms with van der Waals surface area (Å²) in [5.41, 5.74) is 0.438. The predicted octanol–water partition coefficient (Wildman–Crippen LogP) is 3.46. The van der Waals surface area contributed by atoms with Gasteiger partial charge in [0.1, 0.15) is 23.6 Å². The third-order valence-corrected chi connectivity index (χ3v) is 3.36. The first-order chi connectivity index (χ1) is 12.1. The van der Waals surface area contributed by atoms with Gasteiger partial charge in [-0.3, -0.25) is 4.79 Å². The third kappa shape index (κ3) is 4.41. The molecule has 1 heterocycles. The summed E-state index contributed by atoms with van der Waals surface area (Å²) in [5, 5.41) is 2.57. The molecule has 1 N–H and O–H groups in total. The summed E-state index contributed by atoms with van der Waals surface area (Å²) in [4.78, 5) is 16.0. The summed E-state index contributed by atoms with van der Waals surface area (Å²) < 4.78 is 36.9. The molecule has 5 nitrogen and oxygen atoms in total. The van der Waals surface area contributed by atoms with Crippen LogP contribution in [0.25, 0.3) is 0 Å². The Bertz CT molecular complexity index is 863. The first kappa shape index (κ1) is 16.6. The summed E-state index contributed by atoms with van der Waals surface area (Å²) in [6.07, 6.45) is 1.19. The number of carbonyl (C=O) groups is 1. The van der Waals surface area contributed by atoms with E-state index in [0.717, 1.165) is 0 Å². The average molecular weight is 344 g/mol. The number of amides is 1. The molecule has 0 radical (unpaired) electrons. The van der Waals surface area contributed by atoms with Gasteiger partial charge < -0.3 is 14.5 Å². The van der Waals surface area contributed by atoms with Gasteiger partial charge in [0.25, 0.3) is 5.91 Å². The van der Waals surface area contributed by atoms with E-state index >= 15 is 0 Å². The van der Waals surface area contributed by atoms with Crippen LogP contribution in [-0.4, -0.2) is 10.9 Å². The summed E-state index contributed by atoms with van der Waals surface area (Å²) >= 11 is 0.